The summed E-state index contributed by atoms with van der Waals surface area (Å²) in [4.78, 5) is 10.7. The van der Waals surface area contributed by atoms with E-state index in [1.807, 2.05) is 36.5 Å². The Labute approximate surface area is 113 Å². The normalized spacial score (nSPS) is 18.7. The van der Waals surface area contributed by atoms with E-state index < -0.39 is 0 Å². The number of aromatic nitrogens is 2. The lowest BCUT2D eigenvalue weighted by Gasteiger charge is -2.17. The molecule has 0 unspecified atom stereocenters. The first-order chi connectivity index (χ1) is 9.42. The van der Waals surface area contributed by atoms with Crippen molar-refractivity contribution in [3.8, 4) is 0 Å². The van der Waals surface area contributed by atoms with E-state index in [0.29, 0.717) is 6.61 Å². The lowest BCUT2D eigenvalue weighted by Crippen LogP contribution is -2.23. The molecule has 98 valence electrons. The molecule has 0 N–H and O–H groups in total. The predicted octanol–water partition coefficient (Wildman–Crippen LogP) is 2.27. The molecule has 0 radical (unpaired) electrons. The van der Waals surface area contributed by atoms with E-state index in [-0.39, 0.29) is 6.10 Å². The summed E-state index contributed by atoms with van der Waals surface area (Å²) < 4.78 is 5.94. The van der Waals surface area contributed by atoms with Crippen molar-refractivity contribution >= 4 is 5.82 Å². The number of pyridine rings is 2. The van der Waals surface area contributed by atoms with Gasteiger partial charge < -0.3 is 9.64 Å². The molecular formula is C15H17N3O. The molecular weight excluding hydrogens is 238 g/mol. The molecule has 0 aromatic carbocycles. The minimum absolute atomic E-state index is 0.287. The van der Waals surface area contributed by atoms with Gasteiger partial charge in [-0.25, -0.2) is 4.98 Å². The molecule has 4 heteroatoms. The summed E-state index contributed by atoms with van der Waals surface area (Å²) in [5.74, 6) is 1.04. The van der Waals surface area contributed by atoms with Gasteiger partial charge in [-0.3, -0.25) is 4.98 Å². The van der Waals surface area contributed by atoms with Gasteiger partial charge in [0.1, 0.15) is 5.82 Å². The topological polar surface area (TPSA) is 38.2 Å². The fraction of sp³-hybridized carbons (Fsp3) is 0.333. The number of hydrogen-bond donors (Lipinski definition) is 0. The van der Waals surface area contributed by atoms with E-state index in [4.69, 9.17) is 4.74 Å². The van der Waals surface area contributed by atoms with E-state index >= 15 is 0 Å². The molecule has 3 rings (SSSR count). The molecule has 19 heavy (non-hydrogen) atoms. The van der Waals surface area contributed by atoms with Crippen LogP contribution in [0.15, 0.2) is 48.9 Å². The molecule has 1 saturated heterocycles. The van der Waals surface area contributed by atoms with Crippen molar-refractivity contribution < 1.29 is 4.74 Å². The lowest BCUT2D eigenvalue weighted by atomic mass is 10.3. The smallest absolute Gasteiger partial charge is 0.128 e. The molecule has 1 aliphatic rings. The number of nitrogens with zero attached hydrogens (tertiary/aromatic N) is 3. The Morgan fingerprint density at radius 2 is 2.05 bits per heavy atom. The standard InChI is InChI=1S/C15H17N3O/c1-2-7-17-15(3-1)18-10-6-14(11-18)19-12-13-4-8-16-9-5-13/h1-5,7-9,14H,6,10-12H2/t14-/m1/s1. The fourth-order valence-corrected chi connectivity index (χ4v) is 2.31. The molecule has 0 aliphatic carbocycles. The predicted molar refractivity (Wildman–Crippen MR) is 73.9 cm³/mol. The van der Waals surface area contributed by atoms with Gasteiger partial charge >= 0.3 is 0 Å². The highest BCUT2D eigenvalue weighted by Crippen LogP contribution is 2.20. The Morgan fingerprint density at radius 1 is 1.16 bits per heavy atom. The Kier molecular flexibility index (Phi) is 3.70. The second-order valence-corrected chi connectivity index (χ2v) is 4.71. The van der Waals surface area contributed by atoms with Crippen molar-refractivity contribution in [2.45, 2.75) is 19.1 Å². The van der Waals surface area contributed by atoms with Crippen LogP contribution in [0.25, 0.3) is 0 Å². The van der Waals surface area contributed by atoms with Crippen LogP contribution in [0.2, 0.25) is 0 Å². The first-order valence-corrected chi connectivity index (χ1v) is 6.58. The van der Waals surface area contributed by atoms with Gasteiger partial charge in [-0.2, -0.15) is 0 Å². The largest absolute Gasteiger partial charge is 0.372 e. The quantitative estimate of drug-likeness (QED) is 0.840. The maximum atomic E-state index is 5.94. The zero-order valence-electron chi connectivity index (χ0n) is 10.8. The van der Waals surface area contributed by atoms with Crippen molar-refractivity contribution in [1.82, 2.24) is 9.97 Å². The third-order valence-electron chi connectivity index (χ3n) is 3.35. The SMILES string of the molecule is c1ccc(N2CC[C@@H](OCc3ccncc3)C2)nc1. The summed E-state index contributed by atoms with van der Waals surface area (Å²) in [7, 11) is 0. The third-order valence-corrected chi connectivity index (χ3v) is 3.35. The molecule has 1 aliphatic heterocycles. The summed E-state index contributed by atoms with van der Waals surface area (Å²) in [5.41, 5.74) is 1.17. The Balaban J connectivity index is 1.52. The first-order valence-electron chi connectivity index (χ1n) is 6.58. The van der Waals surface area contributed by atoms with Gasteiger partial charge in [0.25, 0.3) is 0 Å². The number of ether oxygens (including phenoxy) is 1. The number of anilines is 1. The van der Waals surface area contributed by atoms with Gasteiger partial charge in [-0.1, -0.05) is 6.07 Å². The zero-order valence-corrected chi connectivity index (χ0v) is 10.8. The minimum Gasteiger partial charge on any atom is -0.372 e. The molecule has 0 saturated carbocycles. The summed E-state index contributed by atoms with van der Waals surface area (Å²) in [6.07, 6.45) is 6.78. The monoisotopic (exact) mass is 255 g/mol. The van der Waals surface area contributed by atoms with Gasteiger partial charge in [0.2, 0.25) is 0 Å². The van der Waals surface area contributed by atoms with E-state index in [9.17, 15) is 0 Å². The van der Waals surface area contributed by atoms with E-state index in [2.05, 4.69) is 14.9 Å². The Hall–Kier alpha value is -1.94. The fourth-order valence-electron chi connectivity index (χ4n) is 2.31. The molecule has 0 amide bonds. The van der Waals surface area contributed by atoms with Crippen LogP contribution in [0, 0.1) is 0 Å². The van der Waals surface area contributed by atoms with E-state index in [1.165, 1.54) is 5.56 Å². The third kappa shape index (κ3) is 3.09. The van der Waals surface area contributed by atoms with Crippen LogP contribution in [0.3, 0.4) is 0 Å². The van der Waals surface area contributed by atoms with Crippen LogP contribution in [-0.4, -0.2) is 29.2 Å². The number of rotatable bonds is 4. The van der Waals surface area contributed by atoms with Crippen LogP contribution >= 0.6 is 0 Å². The average Bonchev–Trinajstić information content (AvgIpc) is 2.96. The minimum atomic E-state index is 0.287. The molecule has 3 heterocycles. The molecule has 0 bridgehead atoms. The summed E-state index contributed by atoms with van der Waals surface area (Å²) in [5, 5.41) is 0. The van der Waals surface area contributed by atoms with Crippen LogP contribution < -0.4 is 4.90 Å². The van der Waals surface area contributed by atoms with Crippen LogP contribution in [0.4, 0.5) is 5.82 Å². The van der Waals surface area contributed by atoms with Crippen molar-refractivity contribution in [1.29, 1.82) is 0 Å². The van der Waals surface area contributed by atoms with E-state index in [0.717, 1.165) is 25.3 Å². The summed E-state index contributed by atoms with van der Waals surface area (Å²) in [6.45, 7) is 2.59. The molecule has 2 aromatic rings. The van der Waals surface area contributed by atoms with Crippen molar-refractivity contribution in [2.75, 3.05) is 18.0 Å². The number of hydrogen-bond acceptors (Lipinski definition) is 4. The summed E-state index contributed by atoms with van der Waals surface area (Å²) in [6, 6.07) is 9.99. The highest BCUT2D eigenvalue weighted by atomic mass is 16.5. The van der Waals surface area contributed by atoms with Gasteiger partial charge in [-0.05, 0) is 36.2 Å². The molecule has 1 fully saturated rings. The highest BCUT2D eigenvalue weighted by molar-refractivity contribution is 5.39. The van der Waals surface area contributed by atoms with Crippen molar-refractivity contribution in [2.24, 2.45) is 0 Å². The van der Waals surface area contributed by atoms with Gasteiger partial charge in [0, 0.05) is 31.7 Å². The Bertz CT molecular complexity index is 503. The maximum absolute atomic E-state index is 5.94. The zero-order chi connectivity index (χ0) is 12.9. The van der Waals surface area contributed by atoms with Crippen molar-refractivity contribution in [3.63, 3.8) is 0 Å². The van der Waals surface area contributed by atoms with Crippen LogP contribution in [0.1, 0.15) is 12.0 Å². The average molecular weight is 255 g/mol. The molecule has 1 atom stereocenters. The van der Waals surface area contributed by atoms with Gasteiger partial charge in [0.05, 0.1) is 12.7 Å². The van der Waals surface area contributed by atoms with Crippen LogP contribution in [-0.2, 0) is 11.3 Å². The second kappa shape index (κ2) is 5.80. The maximum Gasteiger partial charge on any atom is 0.128 e. The highest BCUT2D eigenvalue weighted by Gasteiger charge is 2.23. The second-order valence-electron chi connectivity index (χ2n) is 4.71. The lowest BCUT2D eigenvalue weighted by molar-refractivity contribution is 0.0553. The van der Waals surface area contributed by atoms with E-state index in [1.54, 1.807) is 12.4 Å². The Morgan fingerprint density at radius 3 is 2.84 bits per heavy atom. The first kappa shape index (κ1) is 12.1. The van der Waals surface area contributed by atoms with Crippen LogP contribution in [0.5, 0.6) is 0 Å². The van der Waals surface area contributed by atoms with Crippen molar-refractivity contribution in [3.05, 3.63) is 54.5 Å². The summed E-state index contributed by atoms with van der Waals surface area (Å²) >= 11 is 0. The molecule has 0 spiro atoms. The van der Waals surface area contributed by atoms with Gasteiger partial charge in [-0.15, -0.1) is 0 Å². The molecule has 4 nitrogen and oxygen atoms in total. The van der Waals surface area contributed by atoms with Gasteiger partial charge in [0.15, 0.2) is 0 Å². The molecule has 2 aromatic heterocycles.